The number of nitrogens with zero attached hydrogens (tertiary/aromatic N) is 6. The number of halogens is 6. The zero-order valence-corrected chi connectivity index (χ0v) is 19.8. The summed E-state index contributed by atoms with van der Waals surface area (Å²) in [6.45, 7) is 3.04. The predicted molar refractivity (Wildman–Crippen MR) is 123 cm³/mol. The number of aromatic amines is 1. The largest absolute Gasteiger partial charge is 0.423 e. The Hall–Kier alpha value is -4.11. The summed E-state index contributed by atoms with van der Waals surface area (Å²) < 4.78 is 79.5. The molecule has 10 nitrogen and oxygen atoms in total. The Morgan fingerprint density at radius 1 is 1.05 bits per heavy atom. The Morgan fingerprint density at radius 3 is 2.32 bits per heavy atom. The number of hydrogen-bond donors (Lipinski definition) is 2. The third-order valence-electron chi connectivity index (χ3n) is 5.84. The number of piperazine rings is 1. The van der Waals surface area contributed by atoms with Crippen molar-refractivity contribution in [3.8, 4) is 0 Å². The van der Waals surface area contributed by atoms with E-state index in [1.807, 2.05) is 0 Å². The Kier molecular flexibility index (Phi) is 7.33. The maximum Gasteiger partial charge on any atom is 0.423 e. The lowest BCUT2D eigenvalue weighted by atomic mass is 10.2. The number of nitrogens with one attached hydrogen (secondary N) is 2. The molecule has 1 unspecified atom stereocenters. The topological polar surface area (TPSA) is 112 Å². The summed E-state index contributed by atoms with van der Waals surface area (Å²) in [7, 11) is 0. The number of rotatable bonds is 6. The Labute approximate surface area is 211 Å². The van der Waals surface area contributed by atoms with Gasteiger partial charge in [-0.3, -0.25) is 9.59 Å². The van der Waals surface area contributed by atoms with Crippen LogP contribution in [-0.4, -0.2) is 67.8 Å². The molecule has 1 aliphatic heterocycles. The third kappa shape index (κ3) is 6.06. The third-order valence-corrected chi connectivity index (χ3v) is 5.84. The van der Waals surface area contributed by atoms with Crippen molar-refractivity contribution in [2.24, 2.45) is 0 Å². The summed E-state index contributed by atoms with van der Waals surface area (Å²) in [6.07, 6.45) is -3.90. The Balaban J connectivity index is 1.33. The van der Waals surface area contributed by atoms with Crippen molar-refractivity contribution in [1.82, 2.24) is 29.6 Å². The molecule has 3 aromatic heterocycles. The second-order valence-corrected chi connectivity index (χ2v) is 8.68. The standard InChI is InChI=1S/C22H22F6N8O2/c1-13(32-16-10-31-33-18(37)17(16)22(26,27)28)11-34-3-2-14(12-34)19(38)35-4-6-36(7-5-35)20-29-8-15(9-30-20)21(23,24)25/h2-3,8-10,12-13H,4-7,11H2,1H3,(H2,32,33,37). The number of carbonyl (C=O) groups is 1. The molecule has 1 amide bonds. The van der Waals surface area contributed by atoms with Gasteiger partial charge in [0.25, 0.3) is 11.5 Å². The molecule has 2 N–H and O–H groups in total. The van der Waals surface area contributed by atoms with E-state index in [-0.39, 0.29) is 18.4 Å². The molecule has 1 fully saturated rings. The smallest absolute Gasteiger partial charge is 0.379 e. The van der Waals surface area contributed by atoms with E-state index < -0.39 is 40.8 Å². The molecule has 0 saturated carbocycles. The van der Waals surface area contributed by atoms with Gasteiger partial charge in [0.15, 0.2) is 0 Å². The van der Waals surface area contributed by atoms with Crippen molar-refractivity contribution < 1.29 is 31.1 Å². The highest BCUT2D eigenvalue weighted by atomic mass is 19.4. The van der Waals surface area contributed by atoms with Gasteiger partial charge in [-0.2, -0.15) is 31.4 Å². The molecule has 4 heterocycles. The van der Waals surface area contributed by atoms with Crippen LogP contribution in [0.15, 0.2) is 41.8 Å². The van der Waals surface area contributed by atoms with Crippen LogP contribution in [0.1, 0.15) is 28.4 Å². The van der Waals surface area contributed by atoms with Gasteiger partial charge in [0.2, 0.25) is 5.95 Å². The molecule has 1 saturated heterocycles. The first-order valence-electron chi connectivity index (χ1n) is 11.3. The molecule has 0 aromatic carbocycles. The highest BCUT2D eigenvalue weighted by Gasteiger charge is 2.37. The molecule has 0 spiro atoms. The van der Waals surface area contributed by atoms with E-state index in [2.05, 4.69) is 20.4 Å². The maximum absolute atomic E-state index is 13.2. The molecule has 1 aliphatic rings. The minimum absolute atomic E-state index is 0.141. The zero-order chi connectivity index (χ0) is 27.7. The van der Waals surface area contributed by atoms with E-state index in [9.17, 15) is 35.9 Å². The Morgan fingerprint density at radius 2 is 1.71 bits per heavy atom. The van der Waals surface area contributed by atoms with Gasteiger partial charge in [-0.1, -0.05) is 0 Å². The average Bonchev–Trinajstić information content (AvgIpc) is 3.30. The molecule has 0 aliphatic carbocycles. The van der Waals surface area contributed by atoms with Gasteiger partial charge in [-0.25, -0.2) is 15.1 Å². The summed E-state index contributed by atoms with van der Waals surface area (Å²) >= 11 is 0. The molecule has 204 valence electrons. The second kappa shape index (κ2) is 10.3. The number of alkyl halides is 6. The van der Waals surface area contributed by atoms with Gasteiger partial charge in [-0.15, -0.1) is 0 Å². The van der Waals surface area contributed by atoms with Crippen LogP contribution in [0.3, 0.4) is 0 Å². The molecule has 38 heavy (non-hydrogen) atoms. The van der Waals surface area contributed by atoms with Crippen LogP contribution in [0.2, 0.25) is 0 Å². The zero-order valence-electron chi connectivity index (χ0n) is 19.8. The Bertz CT molecular complexity index is 1330. The SMILES string of the molecule is CC(Cn1ccc(C(=O)N2CCN(c3ncc(C(F)(F)F)cn3)CC2)c1)Nc1cn[nH]c(=O)c1C(F)(F)F. The van der Waals surface area contributed by atoms with E-state index in [0.717, 1.165) is 6.20 Å². The quantitative estimate of drug-likeness (QED) is 0.459. The first-order chi connectivity index (χ1) is 17.8. The number of H-pyrrole nitrogens is 1. The number of anilines is 2. The van der Waals surface area contributed by atoms with E-state index in [4.69, 9.17) is 0 Å². The van der Waals surface area contributed by atoms with Crippen molar-refractivity contribution in [1.29, 1.82) is 0 Å². The lowest BCUT2D eigenvalue weighted by molar-refractivity contribution is -0.139. The number of carbonyl (C=O) groups excluding carboxylic acids is 1. The second-order valence-electron chi connectivity index (χ2n) is 8.68. The summed E-state index contributed by atoms with van der Waals surface area (Å²) in [6, 6.07) is 1.03. The minimum Gasteiger partial charge on any atom is -0.379 e. The molecule has 3 aromatic rings. The fourth-order valence-electron chi connectivity index (χ4n) is 4.02. The van der Waals surface area contributed by atoms with Gasteiger partial charge in [0, 0.05) is 63.6 Å². The first kappa shape index (κ1) is 26.9. The average molecular weight is 544 g/mol. The molecular weight excluding hydrogens is 522 g/mol. The summed E-state index contributed by atoms with van der Waals surface area (Å²) in [5.41, 5.74) is -3.76. The van der Waals surface area contributed by atoms with Gasteiger partial charge in [0.1, 0.15) is 5.56 Å². The maximum atomic E-state index is 13.2. The van der Waals surface area contributed by atoms with Crippen molar-refractivity contribution in [3.63, 3.8) is 0 Å². The highest BCUT2D eigenvalue weighted by molar-refractivity contribution is 5.94. The molecule has 16 heteroatoms. The number of aromatic nitrogens is 5. The number of amides is 1. The molecule has 4 rings (SSSR count). The fourth-order valence-corrected chi connectivity index (χ4v) is 4.02. The first-order valence-corrected chi connectivity index (χ1v) is 11.3. The summed E-state index contributed by atoms with van der Waals surface area (Å²) in [5.74, 6) is -0.127. The van der Waals surface area contributed by atoms with Crippen molar-refractivity contribution in [3.05, 3.63) is 64.1 Å². The molecule has 1 atom stereocenters. The monoisotopic (exact) mass is 544 g/mol. The van der Waals surface area contributed by atoms with Crippen molar-refractivity contribution >= 4 is 17.5 Å². The van der Waals surface area contributed by atoms with Gasteiger partial charge < -0.3 is 19.7 Å². The number of hydrogen-bond acceptors (Lipinski definition) is 7. The lowest BCUT2D eigenvalue weighted by Gasteiger charge is -2.34. The van der Waals surface area contributed by atoms with E-state index >= 15 is 0 Å². The molecule has 0 bridgehead atoms. The van der Waals surface area contributed by atoms with Crippen LogP contribution in [0.4, 0.5) is 38.0 Å². The fraction of sp³-hybridized carbons (Fsp3) is 0.409. The normalized spacial score (nSPS) is 15.4. The van der Waals surface area contributed by atoms with Crippen LogP contribution >= 0.6 is 0 Å². The highest BCUT2D eigenvalue weighted by Crippen LogP contribution is 2.32. The van der Waals surface area contributed by atoms with Crippen molar-refractivity contribution in [2.75, 3.05) is 36.4 Å². The minimum atomic E-state index is -4.87. The van der Waals surface area contributed by atoms with Crippen LogP contribution in [0.25, 0.3) is 0 Å². The van der Waals surface area contributed by atoms with E-state index in [1.54, 1.807) is 44.8 Å². The summed E-state index contributed by atoms with van der Waals surface area (Å²) in [4.78, 5) is 35.4. The van der Waals surface area contributed by atoms with Crippen LogP contribution in [0, 0.1) is 0 Å². The van der Waals surface area contributed by atoms with Crippen molar-refractivity contribution in [2.45, 2.75) is 31.9 Å². The van der Waals surface area contributed by atoms with Gasteiger partial charge in [0.05, 0.1) is 23.0 Å². The van der Waals surface area contributed by atoms with Gasteiger partial charge >= 0.3 is 12.4 Å². The van der Waals surface area contributed by atoms with E-state index in [0.29, 0.717) is 44.1 Å². The molecular formula is C22H22F6N8O2. The predicted octanol–water partition coefficient (Wildman–Crippen LogP) is 2.86. The molecule has 0 radical (unpaired) electrons. The van der Waals surface area contributed by atoms with Crippen LogP contribution in [0.5, 0.6) is 0 Å². The van der Waals surface area contributed by atoms with Crippen LogP contribution in [-0.2, 0) is 18.9 Å². The summed E-state index contributed by atoms with van der Waals surface area (Å²) in [5, 5.41) is 7.84. The lowest BCUT2D eigenvalue weighted by Crippen LogP contribution is -2.49. The van der Waals surface area contributed by atoms with E-state index in [1.165, 1.54) is 0 Å². The van der Waals surface area contributed by atoms with Gasteiger partial charge in [-0.05, 0) is 13.0 Å². The van der Waals surface area contributed by atoms with Crippen LogP contribution < -0.4 is 15.8 Å².